The predicted octanol–water partition coefficient (Wildman–Crippen LogP) is 2.91. The number of sulfonamides is 1. The summed E-state index contributed by atoms with van der Waals surface area (Å²) in [4.78, 5) is 28.4. The van der Waals surface area contributed by atoms with Crippen LogP contribution in [0.25, 0.3) is 0 Å². The molecule has 0 unspecified atom stereocenters. The van der Waals surface area contributed by atoms with Gasteiger partial charge in [0.2, 0.25) is 28.6 Å². The van der Waals surface area contributed by atoms with E-state index in [2.05, 4.69) is 5.32 Å². The minimum atomic E-state index is -3.85. The van der Waals surface area contributed by atoms with E-state index in [9.17, 15) is 18.0 Å². The summed E-state index contributed by atoms with van der Waals surface area (Å²) in [6.07, 6.45) is 2.12. The van der Waals surface area contributed by atoms with Gasteiger partial charge in [-0.05, 0) is 49.6 Å². The quantitative estimate of drug-likeness (QED) is 0.446. The van der Waals surface area contributed by atoms with E-state index in [1.54, 1.807) is 31.4 Å². The van der Waals surface area contributed by atoms with Gasteiger partial charge < -0.3 is 24.4 Å². The van der Waals surface area contributed by atoms with Gasteiger partial charge in [0.15, 0.2) is 11.5 Å². The fourth-order valence-corrected chi connectivity index (χ4v) is 4.78. The number of benzene rings is 2. The third-order valence-electron chi connectivity index (χ3n) is 6.22. The monoisotopic (exact) mass is 533 g/mol. The van der Waals surface area contributed by atoms with Crippen molar-refractivity contribution in [3.8, 4) is 17.2 Å². The number of nitrogens with one attached hydrogen (secondary N) is 1. The average Bonchev–Trinajstić information content (AvgIpc) is 3.34. The van der Waals surface area contributed by atoms with E-state index < -0.39 is 28.5 Å². The first-order chi connectivity index (χ1) is 17.6. The average molecular weight is 534 g/mol. The minimum absolute atomic E-state index is 0.0374. The maximum atomic E-state index is 13.8. The lowest BCUT2D eigenvalue weighted by Gasteiger charge is -2.33. The molecule has 0 saturated heterocycles. The van der Waals surface area contributed by atoms with Crippen LogP contribution in [-0.4, -0.2) is 63.9 Å². The Morgan fingerprint density at radius 1 is 1.05 bits per heavy atom. The molecule has 2 aromatic rings. The van der Waals surface area contributed by atoms with Crippen molar-refractivity contribution in [2.45, 2.75) is 52.2 Å². The fourth-order valence-electron chi connectivity index (χ4n) is 3.94. The van der Waals surface area contributed by atoms with Gasteiger partial charge in [0.05, 0.1) is 19.1 Å². The van der Waals surface area contributed by atoms with Gasteiger partial charge >= 0.3 is 0 Å². The van der Waals surface area contributed by atoms with Gasteiger partial charge in [-0.25, -0.2) is 8.42 Å². The summed E-state index contributed by atoms with van der Waals surface area (Å²) in [5.41, 5.74) is 1.04. The van der Waals surface area contributed by atoms with Crippen LogP contribution in [0.5, 0.6) is 17.2 Å². The van der Waals surface area contributed by atoms with Crippen molar-refractivity contribution in [3.63, 3.8) is 0 Å². The number of hydrogen-bond donors (Lipinski definition) is 1. The summed E-state index contributed by atoms with van der Waals surface area (Å²) in [6.45, 7) is 5.35. The van der Waals surface area contributed by atoms with Crippen molar-refractivity contribution in [3.05, 3.63) is 48.0 Å². The highest BCUT2D eigenvalue weighted by Crippen LogP contribution is 2.36. The zero-order valence-electron chi connectivity index (χ0n) is 21.9. The lowest BCUT2D eigenvalue weighted by atomic mass is 10.1. The second kappa shape index (κ2) is 12.2. The highest BCUT2D eigenvalue weighted by Gasteiger charge is 2.32. The van der Waals surface area contributed by atoms with E-state index >= 15 is 0 Å². The van der Waals surface area contributed by atoms with Crippen molar-refractivity contribution in [2.24, 2.45) is 0 Å². The normalized spacial score (nSPS) is 14.0. The third-order valence-corrected chi connectivity index (χ3v) is 7.36. The number of anilines is 1. The van der Waals surface area contributed by atoms with Crippen molar-refractivity contribution >= 4 is 27.5 Å². The van der Waals surface area contributed by atoms with E-state index in [1.165, 1.54) is 11.0 Å². The van der Waals surface area contributed by atoms with Crippen LogP contribution in [0.15, 0.2) is 42.5 Å². The van der Waals surface area contributed by atoms with Crippen LogP contribution in [0.1, 0.15) is 39.2 Å². The van der Waals surface area contributed by atoms with Crippen molar-refractivity contribution in [2.75, 3.05) is 31.0 Å². The number of carbonyl (C=O) groups is 2. The Kier molecular flexibility index (Phi) is 9.25. The van der Waals surface area contributed by atoms with Gasteiger partial charge in [0.25, 0.3) is 0 Å². The summed E-state index contributed by atoms with van der Waals surface area (Å²) in [5.74, 6) is 0.762. The largest absolute Gasteiger partial charge is 0.497 e. The highest BCUT2D eigenvalue weighted by molar-refractivity contribution is 7.92. The van der Waals surface area contributed by atoms with Crippen molar-refractivity contribution in [1.29, 1.82) is 0 Å². The molecule has 0 spiro atoms. The lowest BCUT2D eigenvalue weighted by molar-refractivity contribution is -0.140. The molecule has 0 saturated carbocycles. The molecule has 1 heterocycles. The zero-order chi connectivity index (χ0) is 27.2. The van der Waals surface area contributed by atoms with Gasteiger partial charge in [-0.15, -0.1) is 0 Å². The molecular formula is C26H35N3O7S. The third kappa shape index (κ3) is 7.06. The molecule has 37 heavy (non-hydrogen) atoms. The SMILES string of the molecule is CC[C@@H](C)NC(=O)[C@H](CC)N(Cc1ccc(OC)cc1)C(=O)CN(c1ccc2c(c1)OCO2)S(C)(=O)=O. The van der Waals surface area contributed by atoms with Crippen LogP contribution in [-0.2, 0) is 26.2 Å². The van der Waals surface area contributed by atoms with Gasteiger partial charge in [0, 0.05) is 18.7 Å². The Bertz CT molecular complexity index is 1200. The summed E-state index contributed by atoms with van der Waals surface area (Å²) in [6, 6.07) is 11.0. The van der Waals surface area contributed by atoms with Crippen LogP contribution in [0.2, 0.25) is 0 Å². The number of methoxy groups -OCH3 is 1. The van der Waals surface area contributed by atoms with Crippen LogP contribution < -0.4 is 23.8 Å². The second-order valence-electron chi connectivity index (χ2n) is 8.92. The molecule has 202 valence electrons. The smallest absolute Gasteiger partial charge is 0.244 e. The first-order valence-corrected chi connectivity index (χ1v) is 14.0. The predicted molar refractivity (Wildman–Crippen MR) is 140 cm³/mol. The number of nitrogens with zero attached hydrogens (tertiary/aromatic N) is 2. The standard InChI is InChI=1S/C26H35N3O7S/c1-6-18(3)27-26(31)22(7-2)28(15-19-8-11-21(34-4)12-9-19)25(30)16-29(37(5,32)33)20-10-13-23-24(14-20)36-17-35-23/h8-14,18,22H,6-7,15-17H2,1-5H3,(H,27,31)/t18-,22+/m1/s1. The number of amides is 2. The summed E-state index contributed by atoms with van der Waals surface area (Å²) in [7, 11) is -2.29. The van der Waals surface area contributed by atoms with E-state index in [0.29, 0.717) is 23.7 Å². The highest BCUT2D eigenvalue weighted by atomic mass is 32.2. The van der Waals surface area contributed by atoms with Crippen LogP contribution in [0.4, 0.5) is 5.69 Å². The van der Waals surface area contributed by atoms with Crippen LogP contribution in [0, 0.1) is 0 Å². The number of ether oxygens (including phenoxy) is 3. The number of hydrogen-bond acceptors (Lipinski definition) is 7. The molecule has 0 aliphatic carbocycles. The Balaban J connectivity index is 1.94. The number of carbonyl (C=O) groups excluding carboxylic acids is 2. The fraction of sp³-hybridized carbons (Fsp3) is 0.462. The topological polar surface area (TPSA) is 114 Å². The van der Waals surface area contributed by atoms with Crippen LogP contribution in [0.3, 0.4) is 0 Å². The molecule has 2 amide bonds. The molecule has 3 rings (SSSR count). The van der Waals surface area contributed by atoms with Crippen molar-refractivity contribution in [1.82, 2.24) is 10.2 Å². The molecule has 0 bridgehead atoms. The maximum absolute atomic E-state index is 13.8. The Morgan fingerprint density at radius 3 is 2.32 bits per heavy atom. The van der Waals surface area contributed by atoms with Gasteiger partial charge in [-0.3, -0.25) is 13.9 Å². The zero-order valence-corrected chi connectivity index (χ0v) is 22.7. The molecule has 11 heteroatoms. The van der Waals surface area contributed by atoms with Gasteiger partial charge in [-0.2, -0.15) is 0 Å². The van der Waals surface area contributed by atoms with Crippen molar-refractivity contribution < 1.29 is 32.2 Å². The number of rotatable bonds is 12. The summed E-state index contributed by atoms with van der Waals surface area (Å²) >= 11 is 0. The Labute approximate surface area is 218 Å². The molecule has 1 N–H and O–H groups in total. The van der Waals surface area contributed by atoms with E-state index in [0.717, 1.165) is 22.5 Å². The first kappa shape index (κ1) is 28.1. The summed E-state index contributed by atoms with van der Waals surface area (Å²) < 4.78 is 42.5. The maximum Gasteiger partial charge on any atom is 0.244 e. The van der Waals surface area contributed by atoms with E-state index in [-0.39, 0.29) is 31.0 Å². The lowest BCUT2D eigenvalue weighted by Crippen LogP contribution is -2.53. The molecule has 2 atom stereocenters. The molecule has 0 radical (unpaired) electrons. The molecule has 0 fully saturated rings. The molecule has 2 aromatic carbocycles. The first-order valence-electron chi connectivity index (χ1n) is 12.2. The summed E-state index contributed by atoms with van der Waals surface area (Å²) in [5, 5.41) is 2.95. The Hall–Kier alpha value is -3.47. The molecule has 1 aliphatic heterocycles. The second-order valence-corrected chi connectivity index (χ2v) is 10.8. The molecule has 1 aliphatic rings. The minimum Gasteiger partial charge on any atom is -0.497 e. The van der Waals surface area contributed by atoms with E-state index in [4.69, 9.17) is 14.2 Å². The van der Waals surface area contributed by atoms with E-state index in [1.807, 2.05) is 32.9 Å². The number of fused-ring (bicyclic) bond motifs is 1. The molecule has 10 nitrogen and oxygen atoms in total. The van der Waals surface area contributed by atoms with Crippen LogP contribution >= 0.6 is 0 Å². The Morgan fingerprint density at radius 2 is 1.73 bits per heavy atom. The molecule has 0 aromatic heterocycles. The van der Waals surface area contributed by atoms with Gasteiger partial charge in [-0.1, -0.05) is 26.0 Å². The molecular weight excluding hydrogens is 498 g/mol. The van der Waals surface area contributed by atoms with Gasteiger partial charge in [0.1, 0.15) is 18.3 Å².